The predicted octanol–water partition coefficient (Wildman–Crippen LogP) is 3.01. The molecule has 4 rings (SSSR count). The van der Waals surface area contributed by atoms with E-state index in [0.717, 1.165) is 0 Å². The molecule has 200 valence electrons. The lowest BCUT2D eigenvalue weighted by atomic mass is 10.2. The van der Waals surface area contributed by atoms with Crippen LogP contribution in [0.1, 0.15) is 24.5 Å². The molecule has 0 amide bonds. The van der Waals surface area contributed by atoms with Gasteiger partial charge in [0.25, 0.3) is 0 Å². The number of hydrogen-bond acceptors (Lipinski definition) is 11. The Kier molecular flexibility index (Phi) is 8.04. The molecule has 0 fully saturated rings. The van der Waals surface area contributed by atoms with Crippen LogP contribution in [0, 0.1) is 6.92 Å². The molecule has 4 aromatic rings. The molecule has 0 saturated heterocycles. The maximum Gasteiger partial charge on any atom is 0.243 e. The zero-order chi connectivity index (χ0) is 27.4. The second-order valence-electron chi connectivity index (χ2n) is 8.01. The number of nitrogens with one attached hydrogen (secondary N) is 1. The Labute approximate surface area is 224 Å². The van der Waals surface area contributed by atoms with Gasteiger partial charge in [0.1, 0.15) is 34.2 Å². The highest BCUT2D eigenvalue weighted by Crippen LogP contribution is 2.37. The van der Waals surface area contributed by atoms with Crippen LogP contribution in [0.25, 0.3) is 17.2 Å². The summed E-state index contributed by atoms with van der Waals surface area (Å²) in [5.41, 5.74) is 1.34. The lowest BCUT2D eigenvalue weighted by Gasteiger charge is -2.22. The number of sulfonamides is 1. The number of hydrogen-bond donors (Lipinski definition) is 1. The largest absolute Gasteiger partial charge is 0.494 e. The third-order valence-electron chi connectivity index (χ3n) is 5.57. The number of aryl methyl sites for hydroxylation is 1. The lowest BCUT2D eigenvalue weighted by molar-refractivity contribution is 0.0950. The van der Waals surface area contributed by atoms with E-state index >= 15 is 0 Å². The van der Waals surface area contributed by atoms with E-state index in [9.17, 15) is 8.42 Å². The Bertz CT molecular complexity index is 1510. The average molecular weight is 561 g/mol. The van der Waals surface area contributed by atoms with Crippen molar-refractivity contribution in [3.05, 3.63) is 59.5 Å². The van der Waals surface area contributed by atoms with Crippen LogP contribution in [0.3, 0.4) is 0 Å². The molecule has 0 radical (unpaired) electrons. The van der Waals surface area contributed by atoms with Crippen LogP contribution in [0.5, 0.6) is 11.5 Å². The molecule has 13 nitrogen and oxygen atoms in total. The normalized spacial score (nSPS) is 13.1. The molecule has 0 aliphatic rings. The Morgan fingerprint density at radius 1 is 1.00 bits per heavy atom. The molecule has 0 aliphatic carbocycles. The average Bonchev–Trinajstić information content (AvgIpc) is 3.31. The number of anilines is 1. The summed E-state index contributed by atoms with van der Waals surface area (Å²) in [6, 6.07) is 5.13. The first kappa shape index (κ1) is 27.2. The smallest absolute Gasteiger partial charge is 0.243 e. The lowest BCUT2D eigenvalue weighted by Crippen LogP contribution is -2.33. The van der Waals surface area contributed by atoms with Crippen molar-refractivity contribution in [2.24, 2.45) is 0 Å². The topological polar surface area (TPSA) is 156 Å². The van der Waals surface area contributed by atoms with Gasteiger partial charge in [-0.15, -0.1) is 10.2 Å². The summed E-state index contributed by atoms with van der Waals surface area (Å²) in [6.07, 6.45) is 4.80. The van der Waals surface area contributed by atoms with Gasteiger partial charge in [0, 0.05) is 25.7 Å². The summed E-state index contributed by atoms with van der Waals surface area (Å²) in [7, 11) is 0.172. The fourth-order valence-electron chi connectivity index (χ4n) is 3.71. The van der Waals surface area contributed by atoms with Crippen molar-refractivity contribution in [2.75, 3.05) is 26.1 Å². The minimum absolute atomic E-state index is 0.134. The van der Waals surface area contributed by atoms with Crippen LogP contribution in [-0.2, 0) is 14.8 Å². The number of nitrogens with zero attached hydrogens (tertiary/aromatic N) is 7. The first-order valence-electron chi connectivity index (χ1n) is 11.2. The van der Waals surface area contributed by atoms with Crippen molar-refractivity contribution in [3.63, 3.8) is 0 Å². The molecule has 3 heterocycles. The van der Waals surface area contributed by atoms with E-state index in [1.54, 1.807) is 31.3 Å². The molecule has 15 heteroatoms. The minimum Gasteiger partial charge on any atom is -0.494 e. The number of aromatic nitrogens is 7. The van der Waals surface area contributed by atoms with Crippen LogP contribution in [0.4, 0.5) is 5.95 Å². The number of rotatable bonds is 10. The van der Waals surface area contributed by atoms with E-state index < -0.39 is 21.4 Å². The SMILES string of the molecule is COc1cccc(OC)c1-n1c(NS(=O)(=O)[C@@H](C)[C@H](OC)c2ncc(Cl)cn2)nnc1-c1cncc(C)n1. The molecule has 1 aromatic carbocycles. The second kappa shape index (κ2) is 11.2. The monoisotopic (exact) mass is 560 g/mol. The zero-order valence-corrected chi connectivity index (χ0v) is 22.7. The van der Waals surface area contributed by atoms with Crippen molar-refractivity contribution >= 4 is 27.6 Å². The van der Waals surface area contributed by atoms with Crippen molar-refractivity contribution in [2.45, 2.75) is 25.2 Å². The predicted molar refractivity (Wildman–Crippen MR) is 139 cm³/mol. The maximum absolute atomic E-state index is 13.6. The van der Waals surface area contributed by atoms with Crippen LogP contribution < -0.4 is 14.2 Å². The van der Waals surface area contributed by atoms with Gasteiger partial charge in [-0.25, -0.2) is 23.4 Å². The molecule has 38 heavy (non-hydrogen) atoms. The fraction of sp³-hybridized carbons (Fsp3) is 0.304. The van der Waals surface area contributed by atoms with E-state index in [1.807, 2.05) is 0 Å². The van der Waals surface area contributed by atoms with Gasteiger partial charge < -0.3 is 14.2 Å². The van der Waals surface area contributed by atoms with Gasteiger partial charge in [-0.1, -0.05) is 17.7 Å². The maximum atomic E-state index is 13.6. The fourth-order valence-corrected chi connectivity index (χ4v) is 4.94. The second-order valence-corrected chi connectivity index (χ2v) is 10.5. The Morgan fingerprint density at radius 3 is 2.24 bits per heavy atom. The zero-order valence-electron chi connectivity index (χ0n) is 21.2. The van der Waals surface area contributed by atoms with E-state index in [4.69, 9.17) is 25.8 Å². The van der Waals surface area contributed by atoms with Gasteiger partial charge in [0.2, 0.25) is 16.0 Å². The van der Waals surface area contributed by atoms with Crippen LogP contribution in [0.15, 0.2) is 43.0 Å². The molecule has 0 unspecified atom stereocenters. The van der Waals surface area contributed by atoms with Crippen LogP contribution >= 0.6 is 11.6 Å². The van der Waals surface area contributed by atoms with Crippen molar-refractivity contribution < 1.29 is 22.6 Å². The summed E-state index contributed by atoms with van der Waals surface area (Å²) < 4.78 is 47.7. The molecule has 1 N–H and O–H groups in total. The van der Waals surface area contributed by atoms with E-state index in [1.165, 1.54) is 51.4 Å². The molecule has 2 atom stereocenters. The highest BCUT2D eigenvalue weighted by molar-refractivity contribution is 7.93. The highest BCUT2D eigenvalue weighted by Gasteiger charge is 2.35. The number of halogens is 1. The van der Waals surface area contributed by atoms with Gasteiger partial charge in [-0.05, 0) is 26.0 Å². The van der Waals surface area contributed by atoms with Gasteiger partial charge in [0.15, 0.2) is 11.6 Å². The first-order valence-corrected chi connectivity index (χ1v) is 13.1. The Hall–Kier alpha value is -3.88. The summed E-state index contributed by atoms with van der Waals surface area (Å²) >= 11 is 5.88. The standard InChI is InChI=1S/C23H25ClN8O5S/c1-13-9-25-12-16(28-13)22-29-30-23(32(22)19-17(35-3)7-6-8-18(19)36-4)31-38(33,34)14(2)20(37-5)21-26-10-15(24)11-27-21/h6-12,14,20H,1-5H3,(H,30,31)/t14-,20-/m0/s1. The van der Waals surface area contributed by atoms with Gasteiger partial charge in [-0.2, -0.15) is 0 Å². The molecule has 0 spiro atoms. The summed E-state index contributed by atoms with van der Waals surface area (Å²) in [5, 5.41) is 7.53. The molecule has 3 aromatic heterocycles. The molecular weight excluding hydrogens is 536 g/mol. The van der Waals surface area contributed by atoms with Gasteiger partial charge >= 0.3 is 0 Å². The van der Waals surface area contributed by atoms with E-state index in [-0.39, 0.29) is 17.6 Å². The van der Waals surface area contributed by atoms with Crippen molar-refractivity contribution in [1.82, 2.24) is 34.7 Å². The summed E-state index contributed by atoms with van der Waals surface area (Å²) in [6.45, 7) is 3.24. The van der Waals surface area contributed by atoms with Crippen molar-refractivity contribution in [3.8, 4) is 28.7 Å². The van der Waals surface area contributed by atoms with Crippen LogP contribution in [0.2, 0.25) is 5.02 Å². The summed E-state index contributed by atoms with van der Waals surface area (Å²) in [5.74, 6) is 0.981. The van der Waals surface area contributed by atoms with Crippen LogP contribution in [-0.4, -0.2) is 69.7 Å². The number of para-hydroxylation sites is 1. The molecular formula is C23H25ClN8O5S. The first-order chi connectivity index (χ1) is 18.2. The Balaban J connectivity index is 1.84. The van der Waals surface area contributed by atoms with Gasteiger partial charge in [-0.3, -0.25) is 14.3 Å². The number of ether oxygens (including phenoxy) is 3. The molecule has 0 bridgehead atoms. The van der Waals surface area contributed by atoms with E-state index in [0.29, 0.717) is 33.6 Å². The van der Waals surface area contributed by atoms with Crippen molar-refractivity contribution in [1.29, 1.82) is 0 Å². The molecule has 0 aliphatic heterocycles. The molecule has 0 saturated carbocycles. The summed E-state index contributed by atoms with van der Waals surface area (Å²) in [4.78, 5) is 16.9. The minimum atomic E-state index is -4.16. The number of methoxy groups -OCH3 is 3. The number of benzene rings is 1. The Morgan fingerprint density at radius 2 is 1.66 bits per heavy atom. The quantitative estimate of drug-likeness (QED) is 0.304. The van der Waals surface area contributed by atoms with Gasteiger partial charge in [0.05, 0.1) is 31.1 Å². The third kappa shape index (κ3) is 5.37. The third-order valence-corrected chi connectivity index (χ3v) is 7.46. The highest BCUT2D eigenvalue weighted by atomic mass is 35.5. The van der Waals surface area contributed by atoms with E-state index in [2.05, 4.69) is 34.9 Å².